The first-order valence-electron chi connectivity index (χ1n) is 7.95. The fourth-order valence-corrected chi connectivity index (χ4v) is 3.25. The Balaban J connectivity index is 1.86. The van der Waals surface area contributed by atoms with E-state index in [1.54, 1.807) is 0 Å². The van der Waals surface area contributed by atoms with Crippen molar-refractivity contribution in [1.82, 2.24) is 15.3 Å². The molecule has 3 rings (SSSR count). The number of carbonyl (C=O) groups is 1. The van der Waals surface area contributed by atoms with E-state index in [2.05, 4.69) is 39.6 Å². The molecule has 0 unspecified atom stereocenters. The number of piperidine rings is 1. The summed E-state index contributed by atoms with van der Waals surface area (Å²) in [4.78, 5) is 20.2. The summed E-state index contributed by atoms with van der Waals surface area (Å²) in [5.41, 5.74) is 1.71. The lowest BCUT2D eigenvalue weighted by atomic mass is 9.70. The van der Waals surface area contributed by atoms with Crippen molar-refractivity contribution in [3.63, 3.8) is 0 Å². The second-order valence-electron chi connectivity index (χ2n) is 6.04. The van der Waals surface area contributed by atoms with E-state index in [9.17, 15) is 4.79 Å². The van der Waals surface area contributed by atoms with Crippen LogP contribution in [0.2, 0.25) is 0 Å². The van der Waals surface area contributed by atoms with Gasteiger partial charge in [-0.15, -0.1) is 0 Å². The van der Waals surface area contributed by atoms with Gasteiger partial charge < -0.3 is 10.4 Å². The van der Waals surface area contributed by atoms with Gasteiger partial charge in [0.25, 0.3) is 0 Å². The Morgan fingerprint density at radius 1 is 1.13 bits per heavy atom. The highest BCUT2D eigenvalue weighted by Gasteiger charge is 2.34. The molecular formula is C18H21N3O2. The summed E-state index contributed by atoms with van der Waals surface area (Å²) in [6, 6.07) is 10.5. The Hall–Kier alpha value is -2.11. The molecule has 120 valence electrons. The lowest BCUT2D eigenvalue weighted by molar-refractivity contribution is 0.0903. The van der Waals surface area contributed by atoms with Crippen molar-refractivity contribution in [3.05, 3.63) is 59.7 Å². The van der Waals surface area contributed by atoms with Crippen molar-refractivity contribution in [2.75, 3.05) is 19.7 Å². The smallest absolute Gasteiger partial charge is 0.191 e. The molecular weight excluding hydrogens is 290 g/mol. The van der Waals surface area contributed by atoms with Crippen LogP contribution in [0.1, 0.15) is 34.6 Å². The topological polar surface area (TPSA) is 75.1 Å². The first-order valence-corrected chi connectivity index (χ1v) is 7.95. The number of aliphatic hydroxyl groups excluding tert-OH is 1. The molecule has 0 saturated carbocycles. The molecule has 23 heavy (non-hydrogen) atoms. The van der Waals surface area contributed by atoms with Gasteiger partial charge in [0.1, 0.15) is 12.4 Å². The number of ketones is 1. The van der Waals surface area contributed by atoms with Crippen LogP contribution < -0.4 is 5.32 Å². The third-order valence-corrected chi connectivity index (χ3v) is 4.61. The Morgan fingerprint density at radius 2 is 1.78 bits per heavy atom. The second kappa shape index (κ2) is 6.98. The van der Waals surface area contributed by atoms with Crippen molar-refractivity contribution in [1.29, 1.82) is 0 Å². The van der Waals surface area contributed by atoms with Crippen LogP contribution in [0.3, 0.4) is 0 Å². The summed E-state index contributed by atoms with van der Waals surface area (Å²) in [6.07, 6.45) is 5.86. The predicted molar refractivity (Wildman–Crippen MR) is 87.4 cm³/mol. The highest BCUT2D eigenvalue weighted by molar-refractivity contribution is 5.96. The lowest BCUT2D eigenvalue weighted by Crippen LogP contribution is -2.41. The minimum atomic E-state index is -0.512. The molecule has 1 aliphatic rings. The molecule has 5 heteroatoms. The summed E-state index contributed by atoms with van der Waals surface area (Å²) in [5.74, 6) is 0.390. The van der Waals surface area contributed by atoms with Crippen molar-refractivity contribution < 1.29 is 9.90 Å². The molecule has 0 bridgehead atoms. The maximum atomic E-state index is 11.5. The third-order valence-electron chi connectivity index (χ3n) is 4.61. The van der Waals surface area contributed by atoms with Gasteiger partial charge in [-0.05, 0) is 31.5 Å². The second-order valence-corrected chi connectivity index (χ2v) is 6.04. The molecule has 5 nitrogen and oxygen atoms in total. The van der Waals surface area contributed by atoms with Crippen molar-refractivity contribution in [2.24, 2.45) is 0 Å². The largest absolute Gasteiger partial charge is 0.388 e. The van der Waals surface area contributed by atoms with Gasteiger partial charge >= 0.3 is 0 Å². The van der Waals surface area contributed by atoms with Gasteiger partial charge in [0.15, 0.2) is 5.78 Å². The van der Waals surface area contributed by atoms with E-state index in [4.69, 9.17) is 5.11 Å². The van der Waals surface area contributed by atoms with Crippen LogP contribution >= 0.6 is 0 Å². The van der Waals surface area contributed by atoms with Crippen molar-refractivity contribution in [2.45, 2.75) is 24.7 Å². The molecule has 1 aromatic carbocycles. The first-order chi connectivity index (χ1) is 11.2. The van der Waals surface area contributed by atoms with E-state index in [1.165, 1.54) is 18.0 Å². The van der Waals surface area contributed by atoms with Crippen LogP contribution in [0.15, 0.2) is 42.7 Å². The highest BCUT2D eigenvalue weighted by Crippen LogP contribution is 2.36. The maximum absolute atomic E-state index is 11.5. The zero-order valence-corrected chi connectivity index (χ0v) is 13.0. The fraction of sp³-hybridized carbons (Fsp3) is 0.389. The minimum Gasteiger partial charge on any atom is -0.388 e. The van der Waals surface area contributed by atoms with Gasteiger partial charge in [-0.3, -0.25) is 4.79 Å². The van der Waals surface area contributed by atoms with E-state index < -0.39 is 6.61 Å². The molecule has 0 atom stereocenters. The first kappa shape index (κ1) is 15.8. The molecule has 2 N–H and O–H groups in total. The number of Topliss-reactive ketones (excluding diaryl/α,β-unsaturated/α-hetero) is 1. The Kier molecular flexibility index (Phi) is 4.79. The molecule has 0 amide bonds. The molecule has 0 radical (unpaired) electrons. The van der Waals surface area contributed by atoms with Crippen LogP contribution in [-0.4, -0.2) is 40.6 Å². The number of nitrogens with zero attached hydrogens (tertiary/aromatic N) is 2. The molecule has 1 fully saturated rings. The number of rotatable bonds is 5. The molecule has 0 spiro atoms. The number of nitrogens with one attached hydrogen (secondary N) is 1. The van der Waals surface area contributed by atoms with Crippen molar-refractivity contribution >= 4 is 5.78 Å². The highest BCUT2D eigenvalue weighted by atomic mass is 16.3. The summed E-state index contributed by atoms with van der Waals surface area (Å²) in [5, 5.41) is 12.3. The van der Waals surface area contributed by atoms with E-state index in [1.807, 2.05) is 6.07 Å². The Morgan fingerprint density at radius 3 is 2.39 bits per heavy atom. The number of carbonyl (C=O) groups excluding carboxylic acids is 1. The number of aliphatic hydroxyl groups is 1. The number of benzene rings is 1. The van der Waals surface area contributed by atoms with E-state index in [0.29, 0.717) is 5.56 Å². The summed E-state index contributed by atoms with van der Waals surface area (Å²) in [6.45, 7) is 1.45. The average molecular weight is 311 g/mol. The van der Waals surface area contributed by atoms with E-state index >= 15 is 0 Å². The molecule has 1 saturated heterocycles. The molecule has 2 heterocycles. The zero-order chi connectivity index (χ0) is 16.1. The van der Waals surface area contributed by atoms with Gasteiger partial charge in [-0.1, -0.05) is 30.3 Å². The number of hydrogen-bond donors (Lipinski definition) is 2. The van der Waals surface area contributed by atoms with Gasteiger partial charge in [0.05, 0.1) is 5.56 Å². The van der Waals surface area contributed by atoms with E-state index in [-0.39, 0.29) is 11.2 Å². The monoisotopic (exact) mass is 311 g/mol. The summed E-state index contributed by atoms with van der Waals surface area (Å²) >= 11 is 0. The number of hydrogen-bond acceptors (Lipinski definition) is 5. The summed E-state index contributed by atoms with van der Waals surface area (Å²) in [7, 11) is 0. The van der Waals surface area contributed by atoms with Gasteiger partial charge in [0.2, 0.25) is 0 Å². The minimum absolute atomic E-state index is 0.0367. The van der Waals surface area contributed by atoms with Crippen LogP contribution in [0.5, 0.6) is 0 Å². The van der Waals surface area contributed by atoms with Crippen LogP contribution in [0.25, 0.3) is 0 Å². The van der Waals surface area contributed by atoms with Gasteiger partial charge in [-0.2, -0.15) is 0 Å². The Labute approximate surface area is 135 Å². The fourth-order valence-electron chi connectivity index (χ4n) is 3.25. The normalized spacial score (nSPS) is 16.9. The van der Waals surface area contributed by atoms with Crippen LogP contribution in [-0.2, 0) is 11.8 Å². The molecule has 1 aromatic heterocycles. The lowest BCUT2D eigenvalue weighted by Gasteiger charge is -2.38. The SMILES string of the molecule is O=C(CO)c1cnc(CC2(c3ccccc3)CCNCC2)nc1. The Bertz CT molecular complexity index is 650. The van der Waals surface area contributed by atoms with Crippen LogP contribution in [0.4, 0.5) is 0 Å². The third kappa shape index (κ3) is 3.46. The maximum Gasteiger partial charge on any atom is 0.191 e. The zero-order valence-electron chi connectivity index (χ0n) is 13.0. The average Bonchev–Trinajstić information content (AvgIpc) is 2.63. The predicted octanol–water partition coefficient (Wildman–Crippen LogP) is 1.52. The van der Waals surface area contributed by atoms with E-state index in [0.717, 1.165) is 38.2 Å². The van der Waals surface area contributed by atoms with Crippen LogP contribution in [0, 0.1) is 0 Å². The molecule has 2 aromatic rings. The number of aromatic nitrogens is 2. The quantitative estimate of drug-likeness (QED) is 0.819. The molecule has 0 aliphatic carbocycles. The van der Waals surface area contributed by atoms with Gasteiger partial charge in [0, 0.05) is 24.2 Å². The summed E-state index contributed by atoms with van der Waals surface area (Å²) < 4.78 is 0. The standard InChI is InChI=1S/C18H21N3O2/c22-13-16(23)14-11-20-17(21-12-14)10-18(6-8-19-9-7-18)15-4-2-1-3-5-15/h1-5,11-12,19,22H,6-10,13H2. The van der Waals surface area contributed by atoms with Crippen molar-refractivity contribution in [3.8, 4) is 0 Å². The molecule has 1 aliphatic heterocycles. The van der Waals surface area contributed by atoms with Gasteiger partial charge in [-0.25, -0.2) is 9.97 Å².